The second-order valence-corrected chi connectivity index (χ2v) is 3.63. The number of aromatic nitrogens is 1. The number of ether oxygens (including phenoxy) is 1. The van der Waals surface area contributed by atoms with E-state index in [-0.39, 0.29) is 5.91 Å². The van der Waals surface area contributed by atoms with Crippen molar-refractivity contribution in [2.24, 2.45) is 0 Å². The molecular formula is C13H14N2O2. The van der Waals surface area contributed by atoms with E-state index < -0.39 is 0 Å². The van der Waals surface area contributed by atoms with Gasteiger partial charge in [0.1, 0.15) is 11.4 Å². The van der Waals surface area contributed by atoms with Gasteiger partial charge < -0.3 is 15.0 Å². The van der Waals surface area contributed by atoms with Gasteiger partial charge in [0.2, 0.25) is 0 Å². The van der Waals surface area contributed by atoms with Gasteiger partial charge in [-0.3, -0.25) is 4.79 Å². The first-order valence-electron chi connectivity index (χ1n) is 5.30. The molecule has 0 unspecified atom stereocenters. The number of aromatic amines is 1. The third-order valence-corrected chi connectivity index (χ3v) is 2.48. The molecule has 1 heterocycles. The van der Waals surface area contributed by atoms with Crippen LogP contribution in [0.15, 0.2) is 36.9 Å². The number of fused-ring (bicyclic) bond motifs is 1. The number of nitrogens with one attached hydrogen (secondary N) is 2. The molecule has 2 N–H and O–H groups in total. The zero-order valence-electron chi connectivity index (χ0n) is 9.62. The zero-order chi connectivity index (χ0) is 12.3. The van der Waals surface area contributed by atoms with E-state index in [2.05, 4.69) is 16.9 Å². The van der Waals surface area contributed by atoms with Gasteiger partial charge in [-0.1, -0.05) is 6.08 Å². The van der Waals surface area contributed by atoms with Crippen LogP contribution in [0.4, 0.5) is 0 Å². The van der Waals surface area contributed by atoms with Crippen molar-refractivity contribution in [1.82, 2.24) is 10.3 Å². The van der Waals surface area contributed by atoms with Gasteiger partial charge in [-0.15, -0.1) is 6.58 Å². The molecule has 88 valence electrons. The molecule has 4 nitrogen and oxygen atoms in total. The van der Waals surface area contributed by atoms with E-state index in [9.17, 15) is 4.79 Å². The van der Waals surface area contributed by atoms with E-state index in [1.165, 1.54) is 0 Å². The first kappa shape index (κ1) is 11.3. The van der Waals surface area contributed by atoms with Crippen molar-refractivity contribution in [3.63, 3.8) is 0 Å². The van der Waals surface area contributed by atoms with E-state index in [0.717, 1.165) is 16.7 Å². The molecule has 2 aromatic rings. The van der Waals surface area contributed by atoms with E-state index in [1.54, 1.807) is 19.3 Å². The van der Waals surface area contributed by atoms with Crippen molar-refractivity contribution < 1.29 is 9.53 Å². The van der Waals surface area contributed by atoms with Crippen LogP contribution in [0.5, 0.6) is 5.75 Å². The molecule has 0 fully saturated rings. The minimum atomic E-state index is -0.139. The molecule has 0 bridgehead atoms. The highest BCUT2D eigenvalue weighted by molar-refractivity contribution is 5.98. The van der Waals surface area contributed by atoms with Crippen molar-refractivity contribution in [2.45, 2.75) is 0 Å². The number of rotatable bonds is 4. The molecule has 0 radical (unpaired) electrons. The molecule has 0 spiro atoms. The van der Waals surface area contributed by atoms with Gasteiger partial charge in [-0.2, -0.15) is 0 Å². The minimum absolute atomic E-state index is 0.139. The number of carbonyl (C=O) groups excluding carboxylic acids is 1. The van der Waals surface area contributed by atoms with Crippen molar-refractivity contribution in [2.75, 3.05) is 13.7 Å². The Morgan fingerprint density at radius 1 is 1.53 bits per heavy atom. The van der Waals surface area contributed by atoms with Crippen LogP contribution in [0, 0.1) is 0 Å². The molecule has 1 amide bonds. The smallest absolute Gasteiger partial charge is 0.267 e. The highest BCUT2D eigenvalue weighted by atomic mass is 16.5. The first-order valence-corrected chi connectivity index (χ1v) is 5.30. The van der Waals surface area contributed by atoms with Crippen LogP contribution < -0.4 is 10.1 Å². The van der Waals surface area contributed by atoms with Crippen molar-refractivity contribution in [3.8, 4) is 5.75 Å². The average molecular weight is 230 g/mol. The lowest BCUT2D eigenvalue weighted by Crippen LogP contribution is -2.23. The highest BCUT2D eigenvalue weighted by Gasteiger charge is 2.08. The maximum Gasteiger partial charge on any atom is 0.267 e. The molecule has 2 rings (SSSR count). The summed E-state index contributed by atoms with van der Waals surface area (Å²) in [6.07, 6.45) is 1.64. The summed E-state index contributed by atoms with van der Waals surface area (Å²) in [6.45, 7) is 4.01. The molecule has 0 atom stereocenters. The molecule has 1 aromatic carbocycles. The molecule has 0 aliphatic heterocycles. The van der Waals surface area contributed by atoms with Crippen molar-refractivity contribution >= 4 is 16.8 Å². The van der Waals surface area contributed by atoms with Gasteiger partial charge >= 0.3 is 0 Å². The van der Waals surface area contributed by atoms with E-state index >= 15 is 0 Å². The normalized spacial score (nSPS) is 10.2. The minimum Gasteiger partial charge on any atom is -0.497 e. The second-order valence-electron chi connectivity index (χ2n) is 3.63. The monoisotopic (exact) mass is 230 g/mol. The lowest BCUT2D eigenvalue weighted by Gasteiger charge is -1.97. The summed E-state index contributed by atoms with van der Waals surface area (Å²) in [5, 5.41) is 3.67. The standard InChI is InChI=1S/C13H14N2O2/c1-3-6-14-13(16)12-8-9-7-10(17-2)4-5-11(9)15-12/h3-5,7-8,15H,1,6H2,2H3,(H,14,16). The van der Waals surface area contributed by atoms with Gasteiger partial charge in [-0.25, -0.2) is 0 Å². The Bertz CT molecular complexity index is 558. The molecule has 4 heteroatoms. The summed E-state index contributed by atoms with van der Waals surface area (Å²) in [5.41, 5.74) is 1.45. The molecular weight excluding hydrogens is 216 g/mol. The fraction of sp³-hybridized carbons (Fsp3) is 0.154. The number of amides is 1. The molecule has 17 heavy (non-hydrogen) atoms. The zero-order valence-corrected chi connectivity index (χ0v) is 9.62. The van der Waals surface area contributed by atoms with E-state index in [1.807, 2.05) is 18.2 Å². The number of methoxy groups -OCH3 is 1. The SMILES string of the molecule is C=CCNC(=O)c1cc2cc(OC)ccc2[nH]1. The molecule has 0 aliphatic rings. The lowest BCUT2D eigenvalue weighted by molar-refractivity contribution is 0.0954. The number of hydrogen-bond acceptors (Lipinski definition) is 2. The van der Waals surface area contributed by atoms with Crippen LogP contribution >= 0.6 is 0 Å². The molecule has 1 aromatic heterocycles. The first-order chi connectivity index (χ1) is 8.24. The summed E-state index contributed by atoms with van der Waals surface area (Å²) in [6, 6.07) is 7.43. The molecule has 0 saturated heterocycles. The van der Waals surface area contributed by atoms with E-state index in [4.69, 9.17) is 4.74 Å². The summed E-state index contributed by atoms with van der Waals surface area (Å²) >= 11 is 0. The second kappa shape index (κ2) is 4.74. The fourth-order valence-electron chi connectivity index (χ4n) is 1.62. The Kier molecular flexibility index (Phi) is 3.14. The van der Waals surface area contributed by atoms with Crippen molar-refractivity contribution in [1.29, 1.82) is 0 Å². The third-order valence-electron chi connectivity index (χ3n) is 2.48. The summed E-state index contributed by atoms with van der Waals surface area (Å²) in [5.74, 6) is 0.634. The van der Waals surface area contributed by atoms with Crippen LogP contribution in [0.3, 0.4) is 0 Å². The highest BCUT2D eigenvalue weighted by Crippen LogP contribution is 2.21. The summed E-state index contributed by atoms with van der Waals surface area (Å²) in [4.78, 5) is 14.8. The van der Waals surface area contributed by atoms with Gasteiger partial charge in [0.25, 0.3) is 5.91 Å². The maximum atomic E-state index is 11.7. The number of hydrogen-bond donors (Lipinski definition) is 2. The third kappa shape index (κ3) is 2.30. The topological polar surface area (TPSA) is 54.1 Å². The van der Waals surface area contributed by atoms with Gasteiger partial charge in [0.15, 0.2) is 0 Å². The Morgan fingerprint density at radius 2 is 2.35 bits per heavy atom. The maximum absolute atomic E-state index is 11.7. The number of benzene rings is 1. The average Bonchev–Trinajstić information content (AvgIpc) is 2.78. The largest absolute Gasteiger partial charge is 0.497 e. The molecule has 0 saturated carbocycles. The predicted octanol–water partition coefficient (Wildman–Crippen LogP) is 2.09. The summed E-state index contributed by atoms with van der Waals surface area (Å²) in [7, 11) is 1.62. The Labute approximate surface area is 99.3 Å². The number of H-pyrrole nitrogens is 1. The molecule has 0 aliphatic carbocycles. The van der Waals surface area contributed by atoms with Crippen LogP contribution in [0.2, 0.25) is 0 Å². The van der Waals surface area contributed by atoms with Crippen LogP contribution in [-0.2, 0) is 0 Å². The Hall–Kier alpha value is -2.23. The van der Waals surface area contributed by atoms with E-state index in [0.29, 0.717) is 12.2 Å². The van der Waals surface area contributed by atoms with Gasteiger partial charge in [-0.05, 0) is 24.3 Å². The van der Waals surface area contributed by atoms with Gasteiger partial charge in [0.05, 0.1) is 7.11 Å². The number of carbonyl (C=O) groups is 1. The van der Waals surface area contributed by atoms with Crippen LogP contribution in [0.25, 0.3) is 10.9 Å². The predicted molar refractivity (Wildman–Crippen MR) is 67.4 cm³/mol. The van der Waals surface area contributed by atoms with Crippen LogP contribution in [-0.4, -0.2) is 24.5 Å². The lowest BCUT2D eigenvalue weighted by atomic mass is 10.2. The fourth-order valence-corrected chi connectivity index (χ4v) is 1.62. The quantitative estimate of drug-likeness (QED) is 0.790. The Balaban J connectivity index is 2.30. The Morgan fingerprint density at radius 3 is 3.06 bits per heavy atom. The van der Waals surface area contributed by atoms with Crippen LogP contribution in [0.1, 0.15) is 10.5 Å². The van der Waals surface area contributed by atoms with Gasteiger partial charge in [0, 0.05) is 17.4 Å². The van der Waals surface area contributed by atoms with Crippen molar-refractivity contribution in [3.05, 3.63) is 42.6 Å². The summed E-state index contributed by atoms with van der Waals surface area (Å²) < 4.78 is 5.13.